The van der Waals surface area contributed by atoms with Crippen molar-refractivity contribution in [3.8, 4) is 0 Å². The van der Waals surface area contributed by atoms with Gasteiger partial charge in [0, 0.05) is 22.5 Å². The van der Waals surface area contributed by atoms with Crippen LogP contribution in [0, 0.1) is 0 Å². The van der Waals surface area contributed by atoms with Gasteiger partial charge in [-0.25, -0.2) is 8.42 Å². The first kappa shape index (κ1) is 16.6. The van der Waals surface area contributed by atoms with Crippen LogP contribution in [0.25, 0.3) is 0 Å². The summed E-state index contributed by atoms with van der Waals surface area (Å²) in [6.45, 7) is 0. The molecule has 0 radical (unpaired) electrons. The third kappa shape index (κ3) is 4.12. The van der Waals surface area contributed by atoms with E-state index in [0.29, 0.717) is 17.3 Å². The smallest absolute Gasteiger partial charge is 0.381 e. The van der Waals surface area contributed by atoms with E-state index in [0.717, 1.165) is 18.6 Å². The van der Waals surface area contributed by atoms with E-state index in [1.54, 1.807) is 0 Å². The van der Waals surface area contributed by atoms with Crippen LogP contribution in [0.15, 0.2) is 22.7 Å². The molecule has 1 N–H and O–H groups in total. The average Bonchev–Trinajstić information content (AvgIpc) is 2.74. The van der Waals surface area contributed by atoms with Crippen molar-refractivity contribution in [2.24, 2.45) is 0 Å². The van der Waals surface area contributed by atoms with Crippen LogP contribution < -0.4 is 5.32 Å². The van der Waals surface area contributed by atoms with Gasteiger partial charge >= 0.3 is 6.18 Å². The van der Waals surface area contributed by atoms with Crippen LogP contribution >= 0.6 is 15.9 Å². The predicted molar refractivity (Wildman–Crippen MR) is 79.0 cm³/mol. The maximum absolute atomic E-state index is 12.8. The van der Waals surface area contributed by atoms with Gasteiger partial charge in [-0.05, 0) is 37.5 Å². The topological polar surface area (TPSA) is 46.2 Å². The van der Waals surface area contributed by atoms with Crippen LogP contribution in [0.5, 0.6) is 0 Å². The van der Waals surface area contributed by atoms with Gasteiger partial charge in [-0.15, -0.1) is 0 Å². The molecule has 0 saturated heterocycles. The van der Waals surface area contributed by atoms with Crippen molar-refractivity contribution in [2.45, 2.75) is 36.7 Å². The highest BCUT2D eigenvalue weighted by Gasteiger charge is 2.35. The number of nitrogens with one attached hydrogen (secondary N) is 1. The van der Waals surface area contributed by atoms with Gasteiger partial charge in [-0.3, -0.25) is 0 Å². The number of benzene rings is 1. The molecule has 2 rings (SSSR count). The minimum absolute atomic E-state index is 0.275. The summed E-state index contributed by atoms with van der Waals surface area (Å²) in [6.07, 6.45) is -1.36. The first-order valence-electron chi connectivity index (χ1n) is 6.40. The lowest BCUT2D eigenvalue weighted by Crippen LogP contribution is -2.34. The standard InChI is InChI=1S/C13H15BrF3NO2S/c1-21(19,20)12-4-2-3-11(12)18-10-6-8(13(15,16)17)5-9(14)7-10/h5-7,11-12,18H,2-4H2,1H3. The predicted octanol–water partition coefficient (Wildman–Crippen LogP) is 3.85. The molecule has 21 heavy (non-hydrogen) atoms. The van der Waals surface area contributed by atoms with Crippen molar-refractivity contribution in [1.82, 2.24) is 0 Å². The van der Waals surface area contributed by atoms with Gasteiger partial charge in [0.05, 0.1) is 10.8 Å². The van der Waals surface area contributed by atoms with E-state index in [1.165, 1.54) is 12.3 Å². The van der Waals surface area contributed by atoms with E-state index in [4.69, 9.17) is 0 Å². The van der Waals surface area contributed by atoms with E-state index in [9.17, 15) is 21.6 Å². The number of alkyl halides is 3. The second-order valence-corrected chi connectivity index (χ2v) is 8.46. The Morgan fingerprint density at radius 3 is 2.48 bits per heavy atom. The fourth-order valence-electron chi connectivity index (χ4n) is 2.65. The molecule has 3 nitrogen and oxygen atoms in total. The lowest BCUT2D eigenvalue weighted by Gasteiger charge is -2.21. The van der Waals surface area contributed by atoms with E-state index >= 15 is 0 Å². The first-order chi connectivity index (χ1) is 9.57. The largest absolute Gasteiger partial charge is 0.416 e. The molecular formula is C13H15BrF3NO2S. The Morgan fingerprint density at radius 2 is 1.90 bits per heavy atom. The Morgan fingerprint density at radius 1 is 1.24 bits per heavy atom. The van der Waals surface area contributed by atoms with Crippen LogP contribution in [0.4, 0.5) is 18.9 Å². The number of sulfone groups is 1. The molecule has 118 valence electrons. The molecule has 0 bridgehead atoms. The number of rotatable bonds is 3. The normalized spacial score (nSPS) is 23.3. The van der Waals surface area contributed by atoms with Crippen LogP contribution in [-0.4, -0.2) is 26.0 Å². The number of anilines is 1. The molecular weight excluding hydrogens is 371 g/mol. The highest BCUT2D eigenvalue weighted by molar-refractivity contribution is 9.10. The summed E-state index contributed by atoms with van der Waals surface area (Å²) in [6, 6.07) is 3.17. The molecule has 2 unspecified atom stereocenters. The molecule has 0 aromatic heterocycles. The van der Waals surface area contributed by atoms with Gasteiger partial charge in [0.15, 0.2) is 9.84 Å². The maximum Gasteiger partial charge on any atom is 0.416 e. The summed E-state index contributed by atoms with van der Waals surface area (Å²) in [5, 5.41) is 2.39. The number of hydrogen-bond donors (Lipinski definition) is 1. The molecule has 2 atom stereocenters. The third-order valence-corrected chi connectivity index (χ3v) is 5.70. The summed E-state index contributed by atoms with van der Waals surface area (Å²) in [5.74, 6) is 0. The molecule has 0 spiro atoms. The van der Waals surface area contributed by atoms with Crippen LogP contribution in [-0.2, 0) is 16.0 Å². The average molecular weight is 386 g/mol. The van der Waals surface area contributed by atoms with Crippen LogP contribution in [0.2, 0.25) is 0 Å². The van der Waals surface area contributed by atoms with Gasteiger partial charge in [-0.1, -0.05) is 15.9 Å². The monoisotopic (exact) mass is 385 g/mol. The molecule has 0 aliphatic heterocycles. The second kappa shape index (κ2) is 5.79. The fraction of sp³-hybridized carbons (Fsp3) is 0.538. The molecule has 1 saturated carbocycles. The fourth-order valence-corrected chi connectivity index (χ4v) is 4.54. The lowest BCUT2D eigenvalue weighted by atomic mass is 10.1. The highest BCUT2D eigenvalue weighted by Crippen LogP contribution is 2.35. The molecule has 8 heteroatoms. The Labute approximate surface area is 130 Å². The molecule has 0 heterocycles. The molecule has 0 amide bonds. The van der Waals surface area contributed by atoms with E-state index in [2.05, 4.69) is 21.2 Å². The van der Waals surface area contributed by atoms with Crippen molar-refractivity contribution >= 4 is 31.5 Å². The Bertz CT molecular complexity index is 631. The van der Waals surface area contributed by atoms with E-state index in [-0.39, 0.29) is 11.7 Å². The Kier molecular flexibility index (Phi) is 4.58. The van der Waals surface area contributed by atoms with Gasteiger partial charge in [0.2, 0.25) is 0 Å². The van der Waals surface area contributed by atoms with Gasteiger partial charge in [-0.2, -0.15) is 13.2 Å². The minimum atomic E-state index is -4.44. The summed E-state index contributed by atoms with van der Waals surface area (Å²) in [4.78, 5) is 0. The number of halogens is 4. The first-order valence-corrected chi connectivity index (χ1v) is 9.15. The molecule has 1 fully saturated rings. The molecule has 1 aromatic carbocycles. The highest BCUT2D eigenvalue weighted by atomic mass is 79.9. The maximum atomic E-state index is 12.8. The van der Waals surface area contributed by atoms with E-state index < -0.39 is 26.8 Å². The van der Waals surface area contributed by atoms with Crippen molar-refractivity contribution in [1.29, 1.82) is 0 Å². The number of hydrogen-bond acceptors (Lipinski definition) is 3. The van der Waals surface area contributed by atoms with Gasteiger partial charge < -0.3 is 5.32 Å². The van der Waals surface area contributed by atoms with Crippen LogP contribution in [0.1, 0.15) is 24.8 Å². The Hall–Kier alpha value is -0.760. The zero-order chi connectivity index (χ0) is 15.8. The quantitative estimate of drug-likeness (QED) is 0.859. The molecule has 1 aliphatic rings. The van der Waals surface area contributed by atoms with Crippen molar-refractivity contribution in [3.05, 3.63) is 28.2 Å². The van der Waals surface area contributed by atoms with Crippen molar-refractivity contribution < 1.29 is 21.6 Å². The summed E-state index contributed by atoms with van der Waals surface area (Å²) in [5.41, 5.74) is -0.495. The van der Waals surface area contributed by atoms with Gasteiger partial charge in [0.1, 0.15) is 0 Å². The molecule has 1 aliphatic carbocycles. The zero-order valence-corrected chi connectivity index (χ0v) is 13.6. The van der Waals surface area contributed by atoms with E-state index in [1.807, 2.05) is 0 Å². The third-order valence-electron chi connectivity index (χ3n) is 3.58. The van der Waals surface area contributed by atoms with Crippen LogP contribution in [0.3, 0.4) is 0 Å². The minimum Gasteiger partial charge on any atom is -0.381 e. The SMILES string of the molecule is CS(=O)(=O)C1CCCC1Nc1cc(Br)cc(C(F)(F)F)c1. The summed E-state index contributed by atoms with van der Waals surface area (Å²) >= 11 is 3.05. The van der Waals surface area contributed by atoms with Gasteiger partial charge in [0.25, 0.3) is 0 Å². The Balaban J connectivity index is 2.26. The lowest BCUT2D eigenvalue weighted by molar-refractivity contribution is -0.137. The van der Waals surface area contributed by atoms with Crippen molar-refractivity contribution in [3.63, 3.8) is 0 Å². The second-order valence-electron chi connectivity index (χ2n) is 5.28. The summed E-state index contributed by atoms with van der Waals surface area (Å²) < 4.78 is 62.0. The van der Waals surface area contributed by atoms with Crippen molar-refractivity contribution in [2.75, 3.05) is 11.6 Å². The zero-order valence-electron chi connectivity index (χ0n) is 11.2. The summed E-state index contributed by atoms with van der Waals surface area (Å²) in [7, 11) is -3.22. The molecule has 1 aromatic rings.